The van der Waals surface area contributed by atoms with E-state index in [1.807, 2.05) is 31.3 Å². The summed E-state index contributed by atoms with van der Waals surface area (Å²) in [5, 5.41) is 0. The predicted molar refractivity (Wildman–Crippen MR) is 109 cm³/mol. The summed E-state index contributed by atoms with van der Waals surface area (Å²) in [4.78, 5) is 4.57. The fourth-order valence-corrected chi connectivity index (χ4v) is 2.94. The van der Waals surface area contributed by atoms with E-state index in [-0.39, 0.29) is 0 Å². The van der Waals surface area contributed by atoms with Crippen LogP contribution < -0.4 is 9.47 Å². The molecule has 0 N–H and O–H groups in total. The number of aliphatic imine (C=N–C) groups is 1. The van der Waals surface area contributed by atoms with Crippen molar-refractivity contribution < 1.29 is 9.47 Å². The molecule has 24 heavy (non-hydrogen) atoms. The zero-order valence-corrected chi connectivity index (χ0v) is 16.5. The van der Waals surface area contributed by atoms with Crippen LogP contribution in [0.1, 0.15) is 23.6 Å². The van der Waals surface area contributed by atoms with Gasteiger partial charge >= 0.3 is 0 Å². The first-order valence-electron chi connectivity index (χ1n) is 7.86. The van der Waals surface area contributed by atoms with Crippen LogP contribution in [0, 0.1) is 17.4 Å². The summed E-state index contributed by atoms with van der Waals surface area (Å²) >= 11 is 2.25. The summed E-state index contributed by atoms with van der Waals surface area (Å²) in [5.74, 6) is 1.48. The van der Waals surface area contributed by atoms with Crippen molar-refractivity contribution in [2.45, 2.75) is 20.8 Å². The lowest BCUT2D eigenvalue weighted by Crippen LogP contribution is -2.02. The molecular formula is C20H22INO2. The molecule has 2 rings (SSSR count). The highest BCUT2D eigenvalue weighted by molar-refractivity contribution is 14.1. The molecule has 126 valence electrons. The lowest BCUT2D eigenvalue weighted by molar-refractivity contribution is 0.295. The zero-order chi connectivity index (χ0) is 17.5. The Bertz CT molecular complexity index is 754. The number of nitrogens with zero attached hydrogens (tertiary/aromatic N) is 1. The Labute approximate surface area is 157 Å². The molecule has 0 fully saturated rings. The van der Waals surface area contributed by atoms with Crippen LogP contribution >= 0.6 is 22.6 Å². The molecule has 0 spiro atoms. The van der Waals surface area contributed by atoms with Gasteiger partial charge in [0.1, 0.15) is 6.61 Å². The molecule has 0 amide bonds. The number of hydrogen-bond donors (Lipinski definition) is 0. The van der Waals surface area contributed by atoms with E-state index in [9.17, 15) is 0 Å². The maximum Gasteiger partial charge on any atom is 0.174 e. The van der Waals surface area contributed by atoms with Gasteiger partial charge in [0.2, 0.25) is 0 Å². The highest BCUT2D eigenvalue weighted by atomic mass is 127. The largest absolute Gasteiger partial charge is 0.490 e. The maximum absolute atomic E-state index is 5.72. The summed E-state index contributed by atoms with van der Waals surface area (Å²) in [6, 6.07) is 10.2. The molecule has 0 aromatic heterocycles. The van der Waals surface area contributed by atoms with Gasteiger partial charge in [0.25, 0.3) is 0 Å². The monoisotopic (exact) mass is 435 g/mol. The summed E-state index contributed by atoms with van der Waals surface area (Å²) < 4.78 is 12.4. The average molecular weight is 435 g/mol. The van der Waals surface area contributed by atoms with Gasteiger partial charge in [-0.15, -0.1) is 0 Å². The van der Waals surface area contributed by atoms with E-state index in [0.717, 1.165) is 26.3 Å². The van der Waals surface area contributed by atoms with Gasteiger partial charge < -0.3 is 9.47 Å². The highest BCUT2D eigenvalue weighted by Crippen LogP contribution is 2.34. The number of ether oxygens (including phenoxy) is 2. The second kappa shape index (κ2) is 8.87. The van der Waals surface area contributed by atoms with Crippen molar-refractivity contribution >= 4 is 34.5 Å². The fourth-order valence-electron chi connectivity index (χ4n) is 2.16. The van der Waals surface area contributed by atoms with Crippen molar-refractivity contribution in [2.24, 2.45) is 4.99 Å². The fraction of sp³-hybridized carbons (Fsp3) is 0.250. The van der Waals surface area contributed by atoms with Gasteiger partial charge in [-0.2, -0.15) is 0 Å². The molecule has 4 heteroatoms. The summed E-state index contributed by atoms with van der Waals surface area (Å²) in [6.07, 6.45) is 3.58. The van der Waals surface area contributed by atoms with E-state index in [1.54, 1.807) is 6.08 Å². The zero-order valence-electron chi connectivity index (χ0n) is 14.3. The van der Waals surface area contributed by atoms with Crippen LogP contribution in [0.15, 0.2) is 48.0 Å². The smallest absolute Gasteiger partial charge is 0.174 e. The van der Waals surface area contributed by atoms with E-state index in [2.05, 4.69) is 60.1 Å². The lowest BCUT2D eigenvalue weighted by Gasteiger charge is -2.13. The second-order valence-corrected chi connectivity index (χ2v) is 6.55. The second-order valence-electron chi connectivity index (χ2n) is 5.39. The number of rotatable bonds is 7. The van der Waals surface area contributed by atoms with E-state index >= 15 is 0 Å². The standard InChI is InChI=1S/C20H22INO2/c1-5-9-24-20-18(21)11-16(12-19(20)23-6-2)13-22-17-8-7-14(3)15(4)10-17/h5,7-8,10-13H,1,6,9H2,2-4H3. The van der Waals surface area contributed by atoms with Gasteiger partial charge in [-0.1, -0.05) is 18.7 Å². The minimum Gasteiger partial charge on any atom is -0.490 e. The number of halogens is 1. The Kier molecular flexibility index (Phi) is 6.85. The molecule has 2 aromatic carbocycles. The topological polar surface area (TPSA) is 30.8 Å². The van der Waals surface area contributed by atoms with Crippen molar-refractivity contribution in [2.75, 3.05) is 13.2 Å². The maximum atomic E-state index is 5.72. The van der Waals surface area contributed by atoms with Crippen LogP contribution in [0.25, 0.3) is 0 Å². The third-order valence-corrected chi connectivity index (χ3v) is 4.33. The summed E-state index contributed by atoms with van der Waals surface area (Å²) in [5.41, 5.74) is 4.43. The highest BCUT2D eigenvalue weighted by Gasteiger charge is 2.11. The molecule has 0 unspecified atom stereocenters. The molecular weight excluding hydrogens is 413 g/mol. The Morgan fingerprint density at radius 2 is 1.92 bits per heavy atom. The molecule has 0 atom stereocenters. The van der Waals surface area contributed by atoms with Crippen LogP contribution in [0.4, 0.5) is 5.69 Å². The van der Waals surface area contributed by atoms with Gasteiger partial charge in [-0.3, -0.25) is 4.99 Å². The molecule has 0 aliphatic carbocycles. The predicted octanol–water partition coefficient (Wildman–Crippen LogP) is 5.62. The lowest BCUT2D eigenvalue weighted by atomic mass is 10.1. The van der Waals surface area contributed by atoms with Crippen LogP contribution in [0.3, 0.4) is 0 Å². The van der Waals surface area contributed by atoms with Gasteiger partial charge in [0.15, 0.2) is 11.5 Å². The number of aryl methyl sites for hydroxylation is 2. The molecule has 3 nitrogen and oxygen atoms in total. The van der Waals surface area contributed by atoms with E-state index < -0.39 is 0 Å². The first-order valence-corrected chi connectivity index (χ1v) is 8.94. The van der Waals surface area contributed by atoms with Crippen molar-refractivity contribution in [1.82, 2.24) is 0 Å². The molecule has 0 aliphatic rings. The Hall–Kier alpha value is -1.82. The molecule has 0 heterocycles. The van der Waals surface area contributed by atoms with Gasteiger partial charge in [-0.05, 0) is 84.3 Å². The van der Waals surface area contributed by atoms with Gasteiger partial charge in [-0.25, -0.2) is 0 Å². The average Bonchev–Trinajstić information content (AvgIpc) is 2.55. The van der Waals surface area contributed by atoms with Crippen LogP contribution in [0.2, 0.25) is 0 Å². The minimum absolute atomic E-state index is 0.451. The number of benzene rings is 2. The molecule has 0 aliphatic heterocycles. The normalized spacial score (nSPS) is 10.8. The SMILES string of the molecule is C=CCOc1c(I)cc(C=Nc2ccc(C)c(C)c2)cc1OCC. The molecule has 2 aromatic rings. The van der Waals surface area contributed by atoms with E-state index in [4.69, 9.17) is 9.47 Å². The van der Waals surface area contributed by atoms with E-state index in [1.165, 1.54) is 11.1 Å². The summed E-state index contributed by atoms with van der Waals surface area (Å²) in [7, 11) is 0. The quantitative estimate of drug-likeness (QED) is 0.321. The van der Waals surface area contributed by atoms with Crippen LogP contribution in [-0.4, -0.2) is 19.4 Å². The van der Waals surface area contributed by atoms with Crippen molar-refractivity contribution in [1.29, 1.82) is 0 Å². The first-order chi connectivity index (χ1) is 11.5. The first kappa shape index (κ1) is 18.5. The van der Waals surface area contributed by atoms with Gasteiger partial charge in [0, 0.05) is 6.21 Å². The molecule has 0 radical (unpaired) electrons. The molecule has 0 saturated heterocycles. The Balaban J connectivity index is 2.30. The van der Waals surface area contributed by atoms with Crippen LogP contribution in [0.5, 0.6) is 11.5 Å². The third kappa shape index (κ3) is 4.84. The van der Waals surface area contributed by atoms with Crippen molar-refractivity contribution in [3.8, 4) is 11.5 Å². The molecule has 0 bridgehead atoms. The van der Waals surface area contributed by atoms with Gasteiger partial charge in [0.05, 0.1) is 15.9 Å². The Morgan fingerprint density at radius 3 is 2.58 bits per heavy atom. The van der Waals surface area contributed by atoms with Crippen LogP contribution in [-0.2, 0) is 0 Å². The summed E-state index contributed by atoms with van der Waals surface area (Å²) in [6.45, 7) is 10.9. The molecule has 0 saturated carbocycles. The van der Waals surface area contributed by atoms with Crippen molar-refractivity contribution in [3.63, 3.8) is 0 Å². The number of hydrogen-bond acceptors (Lipinski definition) is 3. The van der Waals surface area contributed by atoms with E-state index in [0.29, 0.717) is 13.2 Å². The third-order valence-electron chi connectivity index (χ3n) is 3.53. The minimum atomic E-state index is 0.451. The van der Waals surface area contributed by atoms with Crippen molar-refractivity contribution in [3.05, 3.63) is 63.2 Å². The Morgan fingerprint density at radius 1 is 1.12 bits per heavy atom.